The lowest BCUT2D eigenvalue weighted by molar-refractivity contribution is 0.0954. The lowest BCUT2D eigenvalue weighted by Crippen LogP contribution is -2.17. The molecular weight excluding hydrogens is 252 g/mol. The first-order chi connectivity index (χ1) is 9.56. The molecule has 2 aromatic carbocycles. The van der Waals surface area contributed by atoms with E-state index in [0.29, 0.717) is 5.56 Å². The largest absolute Gasteiger partial charge is 0.508 e. The lowest BCUT2D eigenvalue weighted by Gasteiger charge is -2.02. The van der Waals surface area contributed by atoms with Gasteiger partial charge < -0.3 is 5.11 Å². The topological polar surface area (TPSA) is 61.7 Å². The molecule has 0 fully saturated rings. The van der Waals surface area contributed by atoms with E-state index >= 15 is 0 Å². The summed E-state index contributed by atoms with van der Waals surface area (Å²) in [4.78, 5) is 11.8. The fourth-order valence-corrected chi connectivity index (χ4v) is 1.77. The summed E-state index contributed by atoms with van der Waals surface area (Å²) in [6.07, 6.45) is 1.61. The number of phenolic OH excluding ortho intramolecular Hbond substituents is 1. The zero-order valence-electron chi connectivity index (χ0n) is 11.4. The molecule has 0 radical (unpaired) electrons. The van der Waals surface area contributed by atoms with E-state index in [1.807, 2.05) is 32.0 Å². The Bertz CT molecular complexity index is 663. The normalized spacial score (nSPS) is 10.7. The molecule has 0 unspecified atom stereocenters. The highest BCUT2D eigenvalue weighted by Gasteiger charge is 2.04. The Labute approximate surface area is 117 Å². The number of carbonyl (C=O) groups excluding carboxylic acids is 1. The summed E-state index contributed by atoms with van der Waals surface area (Å²) in [5.74, 6) is -0.307. The minimum Gasteiger partial charge on any atom is -0.508 e. The number of carbonyl (C=O) groups is 1. The first-order valence-corrected chi connectivity index (χ1v) is 6.26. The molecule has 2 rings (SSSR count). The van der Waals surface area contributed by atoms with Crippen molar-refractivity contribution in [1.82, 2.24) is 5.43 Å². The SMILES string of the molecule is Cc1ccc(C)c(/C=N/NC(=O)c2cccc(O)c2)c1. The lowest BCUT2D eigenvalue weighted by atomic mass is 10.1. The quantitative estimate of drug-likeness (QED) is 0.664. The van der Waals surface area contributed by atoms with Crippen LogP contribution in [0.3, 0.4) is 0 Å². The second-order valence-corrected chi connectivity index (χ2v) is 4.61. The summed E-state index contributed by atoms with van der Waals surface area (Å²) in [5, 5.41) is 13.3. The van der Waals surface area contributed by atoms with Crippen molar-refractivity contribution >= 4 is 12.1 Å². The molecule has 0 aliphatic carbocycles. The van der Waals surface area contributed by atoms with Crippen molar-refractivity contribution in [1.29, 1.82) is 0 Å². The zero-order valence-corrected chi connectivity index (χ0v) is 11.4. The summed E-state index contributed by atoms with van der Waals surface area (Å²) in [7, 11) is 0. The minimum atomic E-state index is -0.359. The maximum atomic E-state index is 11.8. The van der Waals surface area contributed by atoms with Crippen LogP contribution in [0.4, 0.5) is 0 Å². The van der Waals surface area contributed by atoms with Crippen LogP contribution in [0.15, 0.2) is 47.6 Å². The number of aromatic hydroxyl groups is 1. The molecule has 2 aromatic rings. The number of aryl methyl sites for hydroxylation is 2. The first-order valence-electron chi connectivity index (χ1n) is 6.26. The van der Waals surface area contributed by atoms with E-state index in [1.165, 1.54) is 12.1 Å². The maximum Gasteiger partial charge on any atom is 0.271 e. The number of nitrogens with one attached hydrogen (secondary N) is 1. The van der Waals surface area contributed by atoms with Gasteiger partial charge >= 0.3 is 0 Å². The van der Waals surface area contributed by atoms with Gasteiger partial charge in [-0.15, -0.1) is 0 Å². The van der Waals surface area contributed by atoms with Gasteiger partial charge in [0.2, 0.25) is 0 Å². The molecule has 1 amide bonds. The molecule has 20 heavy (non-hydrogen) atoms. The average Bonchev–Trinajstić information content (AvgIpc) is 2.42. The fraction of sp³-hybridized carbons (Fsp3) is 0.125. The third-order valence-corrected chi connectivity index (χ3v) is 2.91. The van der Waals surface area contributed by atoms with Crippen LogP contribution in [0.1, 0.15) is 27.0 Å². The van der Waals surface area contributed by atoms with E-state index in [1.54, 1.807) is 18.3 Å². The number of amides is 1. The number of phenols is 1. The van der Waals surface area contributed by atoms with Gasteiger partial charge in [-0.3, -0.25) is 4.79 Å². The molecule has 4 heteroatoms. The molecule has 102 valence electrons. The van der Waals surface area contributed by atoms with Gasteiger partial charge in [0.15, 0.2) is 0 Å². The van der Waals surface area contributed by atoms with Crippen molar-refractivity contribution in [2.75, 3.05) is 0 Å². The Morgan fingerprint density at radius 3 is 2.75 bits per heavy atom. The zero-order chi connectivity index (χ0) is 14.5. The van der Waals surface area contributed by atoms with Crippen molar-refractivity contribution in [3.63, 3.8) is 0 Å². The smallest absolute Gasteiger partial charge is 0.271 e. The number of nitrogens with zero attached hydrogens (tertiary/aromatic N) is 1. The maximum absolute atomic E-state index is 11.8. The van der Waals surface area contributed by atoms with Crippen LogP contribution in [-0.4, -0.2) is 17.2 Å². The fourth-order valence-electron chi connectivity index (χ4n) is 1.77. The highest BCUT2D eigenvalue weighted by molar-refractivity contribution is 5.95. The number of hydrogen-bond acceptors (Lipinski definition) is 3. The Hall–Kier alpha value is -2.62. The van der Waals surface area contributed by atoms with E-state index in [2.05, 4.69) is 10.5 Å². The molecule has 0 aliphatic heterocycles. The summed E-state index contributed by atoms with van der Waals surface area (Å²) in [6.45, 7) is 3.99. The summed E-state index contributed by atoms with van der Waals surface area (Å²) < 4.78 is 0. The number of hydrogen-bond donors (Lipinski definition) is 2. The van der Waals surface area contributed by atoms with Gasteiger partial charge in [-0.1, -0.05) is 29.8 Å². The Kier molecular flexibility index (Phi) is 4.15. The van der Waals surface area contributed by atoms with Crippen molar-refractivity contribution in [2.45, 2.75) is 13.8 Å². The molecule has 0 saturated carbocycles. The third kappa shape index (κ3) is 3.45. The summed E-state index contributed by atoms with van der Waals surface area (Å²) in [5.41, 5.74) is 5.99. The number of hydrazone groups is 1. The van der Waals surface area contributed by atoms with E-state index < -0.39 is 0 Å². The van der Waals surface area contributed by atoms with Crippen LogP contribution < -0.4 is 5.43 Å². The molecular formula is C16H16N2O2. The Morgan fingerprint density at radius 2 is 2.00 bits per heavy atom. The van der Waals surface area contributed by atoms with E-state index in [9.17, 15) is 9.90 Å². The van der Waals surface area contributed by atoms with E-state index in [-0.39, 0.29) is 11.7 Å². The molecule has 4 nitrogen and oxygen atoms in total. The third-order valence-electron chi connectivity index (χ3n) is 2.91. The molecule has 0 bridgehead atoms. The molecule has 0 heterocycles. The minimum absolute atomic E-state index is 0.0520. The van der Waals surface area contributed by atoms with Gasteiger partial charge in [0.25, 0.3) is 5.91 Å². The predicted molar refractivity (Wildman–Crippen MR) is 79.1 cm³/mol. The highest BCUT2D eigenvalue weighted by Crippen LogP contribution is 2.11. The van der Waals surface area contributed by atoms with Crippen LogP contribution in [0.25, 0.3) is 0 Å². The number of rotatable bonds is 3. The van der Waals surface area contributed by atoms with Gasteiger partial charge in [-0.2, -0.15) is 5.10 Å². The number of benzene rings is 2. The summed E-state index contributed by atoms with van der Waals surface area (Å²) in [6, 6.07) is 12.2. The van der Waals surface area contributed by atoms with Crippen LogP contribution in [0, 0.1) is 13.8 Å². The highest BCUT2D eigenvalue weighted by atomic mass is 16.3. The van der Waals surface area contributed by atoms with Crippen molar-refractivity contribution in [3.8, 4) is 5.75 Å². The molecule has 0 aromatic heterocycles. The molecule has 0 saturated heterocycles. The average molecular weight is 268 g/mol. The molecule has 2 N–H and O–H groups in total. The van der Waals surface area contributed by atoms with Crippen LogP contribution in [0.2, 0.25) is 0 Å². The molecule has 0 aliphatic rings. The monoisotopic (exact) mass is 268 g/mol. The summed E-state index contributed by atoms with van der Waals surface area (Å²) >= 11 is 0. The van der Waals surface area contributed by atoms with Crippen molar-refractivity contribution in [2.24, 2.45) is 5.10 Å². The second kappa shape index (κ2) is 6.02. The molecule has 0 spiro atoms. The van der Waals surface area contributed by atoms with Crippen molar-refractivity contribution in [3.05, 3.63) is 64.7 Å². The van der Waals surface area contributed by atoms with Gasteiger partial charge in [0.1, 0.15) is 5.75 Å². The van der Waals surface area contributed by atoms with Crippen LogP contribution in [0.5, 0.6) is 5.75 Å². The van der Waals surface area contributed by atoms with Crippen molar-refractivity contribution < 1.29 is 9.90 Å². The Balaban J connectivity index is 2.06. The predicted octanol–water partition coefficient (Wildman–Crippen LogP) is 2.77. The standard InChI is InChI=1S/C16H16N2O2/c1-11-6-7-12(2)14(8-11)10-17-18-16(20)13-4-3-5-15(19)9-13/h3-10,19H,1-2H3,(H,18,20)/b17-10+. The van der Waals surface area contributed by atoms with E-state index in [0.717, 1.165) is 16.7 Å². The van der Waals surface area contributed by atoms with Crippen LogP contribution in [-0.2, 0) is 0 Å². The van der Waals surface area contributed by atoms with Gasteiger partial charge in [0.05, 0.1) is 6.21 Å². The van der Waals surface area contributed by atoms with Gasteiger partial charge in [-0.25, -0.2) is 5.43 Å². The van der Waals surface area contributed by atoms with E-state index in [4.69, 9.17) is 0 Å². The van der Waals surface area contributed by atoms with Gasteiger partial charge in [0, 0.05) is 5.56 Å². The van der Waals surface area contributed by atoms with Crippen LogP contribution >= 0.6 is 0 Å². The van der Waals surface area contributed by atoms with Gasteiger partial charge in [-0.05, 0) is 43.2 Å². The Morgan fingerprint density at radius 1 is 1.20 bits per heavy atom. The molecule has 0 atom stereocenters. The first kappa shape index (κ1) is 13.8. The second-order valence-electron chi connectivity index (χ2n) is 4.61.